The highest BCUT2D eigenvalue weighted by Crippen LogP contribution is 2.31. The molecule has 2 heterocycles. The molecule has 0 unspecified atom stereocenters. The van der Waals surface area contributed by atoms with Gasteiger partial charge in [0.1, 0.15) is 0 Å². The summed E-state index contributed by atoms with van der Waals surface area (Å²) in [6.45, 7) is 0.696. The van der Waals surface area contributed by atoms with Crippen molar-refractivity contribution in [3.8, 4) is 0 Å². The Labute approximate surface area is 159 Å². The highest BCUT2D eigenvalue weighted by molar-refractivity contribution is 8.01. The number of nitrogens with one attached hydrogen (secondary N) is 2. The van der Waals surface area contributed by atoms with Crippen molar-refractivity contribution in [3.63, 3.8) is 0 Å². The van der Waals surface area contributed by atoms with Gasteiger partial charge in [-0.2, -0.15) is 0 Å². The topological polar surface area (TPSA) is 87.2 Å². The molecule has 2 fully saturated rings. The highest BCUT2D eigenvalue weighted by Gasteiger charge is 2.24. The molecule has 26 heavy (non-hydrogen) atoms. The first kappa shape index (κ1) is 17.3. The molecule has 0 bridgehead atoms. The zero-order valence-corrected chi connectivity index (χ0v) is 15.7. The molecule has 2 N–H and O–H groups in total. The Morgan fingerprint density at radius 1 is 1.31 bits per heavy atom. The van der Waals surface area contributed by atoms with Crippen molar-refractivity contribution in [2.75, 3.05) is 27.8 Å². The van der Waals surface area contributed by atoms with Crippen LogP contribution in [0.25, 0.3) is 0 Å². The van der Waals surface area contributed by atoms with Gasteiger partial charge in [-0.25, -0.2) is 0 Å². The number of carbonyl (C=O) groups is 2. The lowest BCUT2D eigenvalue weighted by molar-refractivity contribution is -0.117. The number of benzene rings is 1. The molecule has 4 rings (SSSR count). The standard InChI is InChI=1S/C17H19N5O2S2/c23-14(10-25-17-21-20-16(26-17)18-11-7-8-11)19-12-4-1-2-5-13(12)22-9-3-6-15(22)24/h1-2,4-5,11H,3,6-10H2,(H,18,20)(H,19,23). The molecule has 2 aromatic rings. The second kappa shape index (κ2) is 7.63. The molecule has 0 radical (unpaired) electrons. The summed E-state index contributed by atoms with van der Waals surface area (Å²) in [6.07, 6.45) is 3.78. The number of amides is 2. The fourth-order valence-electron chi connectivity index (χ4n) is 2.76. The third-order valence-corrected chi connectivity index (χ3v) is 6.17. The minimum Gasteiger partial charge on any atom is -0.357 e. The van der Waals surface area contributed by atoms with Gasteiger partial charge in [0.25, 0.3) is 0 Å². The van der Waals surface area contributed by atoms with Gasteiger partial charge in [-0.15, -0.1) is 10.2 Å². The van der Waals surface area contributed by atoms with E-state index >= 15 is 0 Å². The first-order chi connectivity index (χ1) is 12.7. The molecule has 0 spiro atoms. The number of hydrogen-bond donors (Lipinski definition) is 2. The van der Waals surface area contributed by atoms with E-state index in [1.165, 1.54) is 35.9 Å². The lowest BCUT2D eigenvalue weighted by Gasteiger charge is -2.19. The fraction of sp³-hybridized carbons (Fsp3) is 0.412. The van der Waals surface area contributed by atoms with Gasteiger partial charge in [-0.3, -0.25) is 9.59 Å². The smallest absolute Gasteiger partial charge is 0.234 e. The Bertz CT molecular complexity index is 821. The van der Waals surface area contributed by atoms with Crippen LogP contribution in [0.1, 0.15) is 25.7 Å². The number of nitrogens with zero attached hydrogens (tertiary/aromatic N) is 3. The van der Waals surface area contributed by atoms with E-state index in [-0.39, 0.29) is 17.6 Å². The second-order valence-electron chi connectivity index (χ2n) is 6.29. The Kier molecular flexibility index (Phi) is 5.07. The molecule has 1 aliphatic carbocycles. The summed E-state index contributed by atoms with van der Waals surface area (Å²) in [6, 6.07) is 7.96. The number of hydrogen-bond acceptors (Lipinski definition) is 7. The first-order valence-electron chi connectivity index (χ1n) is 8.61. The maximum atomic E-state index is 12.3. The van der Waals surface area contributed by atoms with E-state index in [1.807, 2.05) is 24.3 Å². The van der Waals surface area contributed by atoms with E-state index in [1.54, 1.807) is 4.90 Å². The van der Waals surface area contributed by atoms with E-state index in [9.17, 15) is 9.59 Å². The average molecular weight is 390 g/mol. The summed E-state index contributed by atoms with van der Waals surface area (Å²) in [7, 11) is 0. The van der Waals surface area contributed by atoms with Gasteiger partial charge < -0.3 is 15.5 Å². The lowest BCUT2D eigenvalue weighted by atomic mass is 10.2. The van der Waals surface area contributed by atoms with Gasteiger partial charge in [0.05, 0.1) is 17.1 Å². The van der Waals surface area contributed by atoms with E-state index in [0.29, 0.717) is 24.7 Å². The summed E-state index contributed by atoms with van der Waals surface area (Å²) in [5, 5.41) is 15.2. The number of para-hydroxylation sites is 2. The molecule has 7 nitrogen and oxygen atoms in total. The fourth-order valence-corrected chi connectivity index (χ4v) is 4.39. The van der Waals surface area contributed by atoms with Crippen molar-refractivity contribution in [1.82, 2.24) is 10.2 Å². The number of carbonyl (C=O) groups excluding carboxylic acids is 2. The van der Waals surface area contributed by atoms with Crippen LogP contribution in [0.2, 0.25) is 0 Å². The lowest BCUT2D eigenvalue weighted by Crippen LogP contribution is -2.25. The Hall–Kier alpha value is -2.13. The Balaban J connectivity index is 1.34. The third-order valence-electron chi connectivity index (χ3n) is 4.18. The van der Waals surface area contributed by atoms with Crippen molar-refractivity contribution in [2.45, 2.75) is 36.1 Å². The summed E-state index contributed by atoms with van der Waals surface area (Å²) in [5.41, 5.74) is 1.43. The summed E-state index contributed by atoms with van der Waals surface area (Å²) < 4.78 is 0.770. The van der Waals surface area contributed by atoms with Crippen LogP contribution in [0.3, 0.4) is 0 Å². The average Bonchev–Trinajstić information content (AvgIpc) is 3.16. The zero-order valence-electron chi connectivity index (χ0n) is 14.1. The van der Waals surface area contributed by atoms with Crippen molar-refractivity contribution < 1.29 is 9.59 Å². The van der Waals surface area contributed by atoms with Crippen molar-refractivity contribution in [2.24, 2.45) is 0 Å². The third kappa shape index (κ3) is 4.16. The molecule has 1 aromatic carbocycles. The van der Waals surface area contributed by atoms with Gasteiger partial charge in [0, 0.05) is 19.0 Å². The minimum absolute atomic E-state index is 0.102. The van der Waals surface area contributed by atoms with Gasteiger partial charge in [0.2, 0.25) is 16.9 Å². The van der Waals surface area contributed by atoms with Crippen molar-refractivity contribution in [3.05, 3.63) is 24.3 Å². The molecule has 1 aromatic heterocycles. The molecule has 1 saturated carbocycles. The van der Waals surface area contributed by atoms with E-state index in [2.05, 4.69) is 20.8 Å². The maximum absolute atomic E-state index is 12.3. The van der Waals surface area contributed by atoms with Crippen LogP contribution in [0.5, 0.6) is 0 Å². The van der Waals surface area contributed by atoms with E-state index in [0.717, 1.165) is 21.6 Å². The van der Waals surface area contributed by atoms with Crippen molar-refractivity contribution >= 4 is 51.4 Å². The minimum atomic E-state index is -0.124. The largest absolute Gasteiger partial charge is 0.357 e. The molecular formula is C17H19N5O2S2. The van der Waals surface area contributed by atoms with E-state index < -0.39 is 0 Å². The predicted molar refractivity (Wildman–Crippen MR) is 104 cm³/mol. The van der Waals surface area contributed by atoms with Crippen molar-refractivity contribution in [1.29, 1.82) is 0 Å². The van der Waals surface area contributed by atoms with Crippen LogP contribution in [-0.2, 0) is 9.59 Å². The monoisotopic (exact) mass is 389 g/mol. The second-order valence-corrected chi connectivity index (χ2v) is 8.49. The molecular weight excluding hydrogens is 370 g/mol. The normalized spacial score (nSPS) is 16.8. The van der Waals surface area contributed by atoms with Crippen LogP contribution in [0.4, 0.5) is 16.5 Å². The maximum Gasteiger partial charge on any atom is 0.234 e. The number of anilines is 3. The van der Waals surface area contributed by atoms with Crippen LogP contribution in [0.15, 0.2) is 28.6 Å². The first-order valence-corrected chi connectivity index (χ1v) is 10.4. The summed E-state index contributed by atoms with van der Waals surface area (Å²) in [4.78, 5) is 26.1. The SMILES string of the molecule is O=C(CSc1nnc(NC2CC2)s1)Nc1ccccc1N1CCCC1=O. The van der Waals surface area contributed by atoms with Crippen LogP contribution in [0, 0.1) is 0 Å². The molecule has 1 saturated heterocycles. The molecule has 1 aliphatic heterocycles. The van der Waals surface area contributed by atoms with Gasteiger partial charge >= 0.3 is 0 Å². The van der Waals surface area contributed by atoms with Crippen LogP contribution < -0.4 is 15.5 Å². The molecule has 136 valence electrons. The number of aromatic nitrogens is 2. The summed E-state index contributed by atoms with van der Waals surface area (Å²) in [5.74, 6) is 0.229. The van der Waals surface area contributed by atoms with E-state index in [4.69, 9.17) is 0 Å². The summed E-state index contributed by atoms with van der Waals surface area (Å²) >= 11 is 2.84. The zero-order chi connectivity index (χ0) is 17.9. The number of thioether (sulfide) groups is 1. The molecule has 2 aliphatic rings. The van der Waals surface area contributed by atoms with Gasteiger partial charge in [-0.05, 0) is 31.4 Å². The highest BCUT2D eigenvalue weighted by atomic mass is 32.2. The quantitative estimate of drug-likeness (QED) is 0.708. The van der Waals surface area contributed by atoms with Gasteiger partial charge in [-0.1, -0.05) is 35.2 Å². The van der Waals surface area contributed by atoms with Crippen LogP contribution in [-0.4, -0.2) is 40.4 Å². The Morgan fingerprint density at radius 3 is 2.92 bits per heavy atom. The Morgan fingerprint density at radius 2 is 2.15 bits per heavy atom. The molecule has 2 amide bonds. The molecule has 0 atom stereocenters. The number of rotatable bonds is 7. The molecule has 9 heteroatoms. The van der Waals surface area contributed by atoms with Gasteiger partial charge in [0.15, 0.2) is 4.34 Å². The van der Waals surface area contributed by atoms with Crippen LogP contribution >= 0.6 is 23.1 Å². The predicted octanol–water partition coefficient (Wildman–Crippen LogP) is 2.97.